The number of rotatable bonds is 9. The molecule has 8 heteroatoms. The maximum atomic E-state index is 13.8. The second-order valence-corrected chi connectivity index (χ2v) is 10.2. The van der Waals surface area contributed by atoms with Gasteiger partial charge in [0.2, 0.25) is 0 Å². The topological polar surface area (TPSA) is 79.1 Å². The van der Waals surface area contributed by atoms with Crippen molar-refractivity contribution in [2.24, 2.45) is 4.99 Å². The van der Waals surface area contributed by atoms with Crippen LogP contribution in [0.4, 0.5) is 0 Å². The predicted octanol–water partition coefficient (Wildman–Crippen LogP) is 4.72. The number of aromatic nitrogens is 1. The van der Waals surface area contributed by atoms with Gasteiger partial charge in [0.15, 0.2) is 16.3 Å². The molecule has 0 fully saturated rings. The van der Waals surface area contributed by atoms with Gasteiger partial charge in [-0.1, -0.05) is 55.5 Å². The summed E-state index contributed by atoms with van der Waals surface area (Å²) in [5, 5.41) is 0. The number of hydrogen-bond acceptors (Lipinski definition) is 7. The van der Waals surface area contributed by atoms with Crippen LogP contribution in [0.25, 0.3) is 6.08 Å². The molecule has 0 spiro atoms. The third kappa shape index (κ3) is 5.45. The van der Waals surface area contributed by atoms with Crippen LogP contribution in [0.1, 0.15) is 70.2 Å². The minimum atomic E-state index is -0.632. The zero-order valence-electron chi connectivity index (χ0n) is 22.7. The molecule has 0 bridgehead atoms. The first-order valence-corrected chi connectivity index (χ1v) is 13.8. The van der Waals surface area contributed by atoms with Gasteiger partial charge in [-0.25, -0.2) is 9.79 Å². The Bertz CT molecular complexity index is 1530. The summed E-state index contributed by atoms with van der Waals surface area (Å²) in [6, 6.07) is 13.0. The Morgan fingerprint density at radius 2 is 1.71 bits per heavy atom. The van der Waals surface area contributed by atoms with Crippen LogP contribution in [0.5, 0.6) is 11.5 Å². The smallest absolute Gasteiger partial charge is 0.338 e. The first-order valence-electron chi connectivity index (χ1n) is 13.0. The van der Waals surface area contributed by atoms with E-state index < -0.39 is 12.0 Å². The summed E-state index contributed by atoms with van der Waals surface area (Å²) in [4.78, 5) is 32.1. The first kappa shape index (κ1) is 27.4. The lowest BCUT2D eigenvalue weighted by molar-refractivity contribution is -0.139. The number of hydrogen-bond donors (Lipinski definition) is 0. The van der Waals surface area contributed by atoms with Crippen LogP contribution in [0.3, 0.4) is 0 Å². The Kier molecular flexibility index (Phi) is 8.52. The van der Waals surface area contributed by atoms with E-state index in [1.807, 2.05) is 62.4 Å². The molecule has 0 aliphatic carbocycles. The van der Waals surface area contributed by atoms with Gasteiger partial charge in [-0.3, -0.25) is 9.36 Å². The highest BCUT2D eigenvalue weighted by Crippen LogP contribution is 2.32. The Labute approximate surface area is 226 Å². The molecular weight excluding hydrogens is 500 g/mol. The fourth-order valence-corrected chi connectivity index (χ4v) is 5.53. The summed E-state index contributed by atoms with van der Waals surface area (Å²) in [6.07, 6.45) is 1.82. The SMILES string of the molecule is CCOC(=O)C1=C(C)N=c2sc(=Cc3ccc(OCC)c(OCC)c3)c(=O)n2C1c1ccc(C(C)C)cc1. The van der Waals surface area contributed by atoms with Crippen LogP contribution in [0.15, 0.2) is 63.5 Å². The van der Waals surface area contributed by atoms with Crippen molar-refractivity contribution >= 4 is 23.4 Å². The number of ether oxygens (including phenoxy) is 3. The molecule has 1 atom stereocenters. The lowest BCUT2D eigenvalue weighted by Gasteiger charge is -2.25. The third-order valence-corrected chi connectivity index (χ3v) is 7.28. The molecule has 38 heavy (non-hydrogen) atoms. The van der Waals surface area contributed by atoms with E-state index in [2.05, 4.69) is 18.8 Å². The van der Waals surface area contributed by atoms with Crippen molar-refractivity contribution < 1.29 is 19.0 Å². The molecule has 0 amide bonds. The molecule has 0 radical (unpaired) electrons. The molecule has 0 N–H and O–H groups in total. The molecule has 0 saturated carbocycles. The number of thiazole rings is 1. The average Bonchev–Trinajstić information content (AvgIpc) is 3.19. The van der Waals surface area contributed by atoms with Gasteiger partial charge in [0.25, 0.3) is 5.56 Å². The molecule has 2 heterocycles. The largest absolute Gasteiger partial charge is 0.490 e. The average molecular weight is 535 g/mol. The van der Waals surface area contributed by atoms with Crippen LogP contribution in [-0.2, 0) is 9.53 Å². The fraction of sp³-hybridized carbons (Fsp3) is 0.367. The molecule has 200 valence electrons. The highest BCUT2D eigenvalue weighted by Gasteiger charge is 2.33. The van der Waals surface area contributed by atoms with Gasteiger partial charge < -0.3 is 14.2 Å². The van der Waals surface area contributed by atoms with Crippen LogP contribution < -0.4 is 24.4 Å². The van der Waals surface area contributed by atoms with Crippen molar-refractivity contribution in [3.8, 4) is 11.5 Å². The minimum absolute atomic E-state index is 0.215. The van der Waals surface area contributed by atoms with E-state index in [9.17, 15) is 9.59 Å². The van der Waals surface area contributed by atoms with Gasteiger partial charge in [0.05, 0.1) is 41.7 Å². The second kappa shape index (κ2) is 11.8. The van der Waals surface area contributed by atoms with Gasteiger partial charge in [0, 0.05) is 0 Å². The van der Waals surface area contributed by atoms with Crippen LogP contribution in [0.2, 0.25) is 0 Å². The molecule has 7 nitrogen and oxygen atoms in total. The first-order chi connectivity index (χ1) is 18.3. The summed E-state index contributed by atoms with van der Waals surface area (Å²) in [5.74, 6) is 1.18. The van der Waals surface area contributed by atoms with Crippen LogP contribution in [0, 0.1) is 0 Å². The zero-order valence-corrected chi connectivity index (χ0v) is 23.6. The van der Waals surface area contributed by atoms with Crippen molar-refractivity contribution in [1.82, 2.24) is 4.57 Å². The molecule has 1 aromatic heterocycles. The van der Waals surface area contributed by atoms with E-state index >= 15 is 0 Å². The molecule has 3 aromatic rings. The highest BCUT2D eigenvalue weighted by molar-refractivity contribution is 7.07. The molecule has 1 aliphatic heterocycles. The van der Waals surface area contributed by atoms with Gasteiger partial charge in [-0.15, -0.1) is 0 Å². The summed E-state index contributed by atoms with van der Waals surface area (Å²) in [6.45, 7) is 12.9. The zero-order chi connectivity index (χ0) is 27.4. The predicted molar refractivity (Wildman–Crippen MR) is 150 cm³/mol. The standard InChI is InChI=1S/C30H34N2O5S/c1-7-35-23-15-10-20(16-24(23)36-8-2)17-25-28(33)32-27(22-13-11-21(12-14-22)18(4)5)26(29(34)37-9-3)19(6)31-30(32)38-25/h10-18,27H,7-9H2,1-6H3. The summed E-state index contributed by atoms with van der Waals surface area (Å²) in [5.41, 5.74) is 3.53. The van der Waals surface area contributed by atoms with E-state index in [0.717, 1.165) is 11.1 Å². The quantitative estimate of drug-likeness (QED) is 0.371. The minimum Gasteiger partial charge on any atom is -0.490 e. The lowest BCUT2D eigenvalue weighted by atomic mass is 9.93. The molecular formula is C30H34N2O5S. The van der Waals surface area contributed by atoms with Gasteiger partial charge in [0.1, 0.15) is 0 Å². The molecule has 0 saturated heterocycles. The number of benzene rings is 2. The van der Waals surface area contributed by atoms with Crippen molar-refractivity contribution in [3.63, 3.8) is 0 Å². The molecule has 1 aliphatic rings. The van der Waals surface area contributed by atoms with Crippen molar-refractivity contribution in [2.45, 2.75) is 53.5 Å². The monoisotopic (exact) mass is 534 g/mol. The Hall–Kier alpha value is -3.65. The van der Waals surface area contributed by atoms with Gasteiger partial charge >= 0.3 is 5.97 Å². The van der Waals surface area contributed by atoms with Gasteiger partial charge in [-0.2, -0.15) is 0 Å². The highest BCUT2D eigenvalue weighted by atomic mass is 32.1. The molecule has 2 aromatic carbocycles. The second-order valence-electron chi connectivity index (χ2n) is 9.20. The van der Waals surface area contributed by atoms with E-state index in [0.29, 0.717) is 51.2 Å². The van der Waals surface area contributed by atoms with Gasteiger partial charge in [-0.05, 0) is 68.5 Å². The van der Waals surface area contributed by atoms with E-state index in [4.69, 9.17) is 14.2 Å². The molecule has 4 rings (SSSR count). The van der Waals surface area contributed by atoms with E-state index in [1.54, 1.807) is 18.4 Å². The number of fused-ring (bicyclic) bond motifs is 1. The number of esters is 1. The van der Waals surface area contributed by atoms with Crippen LogP contribution >= 0.6 is 11.3 Å². The van der Waals surface area contributed by atoms with Crippen molar-refractivity contribution in [3.05, 3.63) is 90.1 Å². The maximum absolute atomic E-state index is 13.8. The number of carbonyl (C=O) groups excluding carboxylic acids is 1. The summed E-state index contributed by atoms with van der Waals surface area (Å²) in [7, 11) is 0. The maximum Gasteiger partial charge on any atom is 0.338 e. The number of nitrogens with zero attached hydrogens (tertiary/aromatic N) is 2. The Morgan fingerprint density at radius 3 is 2.34 bits per heavy atom. The number of carbonyl (C=O) groups is 1. The van der Waals surface area contributed by atoms with E-state index in [1.165, 1.54) is 16.9 Å². The van der Waals surface area contributed by atoms with Crippen molar-refractivity contribution in [1.29, 1.82) is 0 Å². The Morgan fingerprint density at radius 1 is 1.03 bits per heavy atom. The number of allylic oxidation sites excluding steroid dienone is 1. The normalized spacial score (nSPS) is 15.3. The fourth-order valence-electron chi connectivity index (χ4n) is 4.48. The summed E-state index contributed by atoms with van der Waals surface area (Å²) >= 11 is 1.30. The Balaban J connectivity index is 1.88. The molecule has 1 unspecified atom stereocenters. The van der Waals surface area contributed by atoms with Crippen molar-refractivity contribution in [2.75, 3.05) is 19.8 Å². The van der Waals surface area contributed by atoms with Crippen LogP contribution in [-0.4, -0.2) is 30.4 Å². The summed E-state index contributed by atoms with van der Waals surface area (Å²) < 4.78 is 18.9. The van der Waals surface area contributed by atoms with E-state index in [-0.39, 0.29) is 12.2 Å². The lowest BCUT2D eigenvalue weighted by Crippen LogP contribution is -2.39. The third-order valence-electron chi connectivity index (χ3n) is 6.30.